The molecular weight excluding hydrogens is 296 g/mol. The van der Waals surface area contributed by atoms with Crippen LogP contribution in [0.5, 0.6) is 11.5 Å². The molecule has 0 aliphatic rings. The summed E-state index contributed by atoms with van der Waals surface area (Å²) >= 11 is 0. The first-order chi connectivity index (χ1) is 11.7. The zero-order chi connectivity index (χ0) is 17.2. The second-order valence-electron chi connectivity index (χ2n) is 6.95. The molecule has 0 unspecified atom stereocenters. The van der Waals surface area contributed by atoms with Crippen molar-refractivity contribution in [1.29, 1.82) is 0 Å². The van der Waals surface area contributed by atoms with E-state index in [1.165, 1.54) is 69.8 Å². The van der Waals surface area contributed by atoms with Gasteiger partial charge in [0.05, 0.1) is 0 Å². The maximum atomic E-state index is 9.62. The van der Waals surface area contributed by atoms with Gasteiger partial charge in [-0.3, -0.25) is 0 Å². The number of hydrogen-bond acceptors (Lipinski definition) is 2. The van der Waals surface area contributed by atoms with Gasteiger partial charge in [0, 0.05) is 0 Å². The largest absolute Gasteiger partial charge is 0.504 e. The van der Waals surface area contributed by atoms with Crippen molar-refractivity contribution in [3.63, 3.8) is 0 Å². The third-order valence-electron chi connectivity index (χ3n) is 4.82. The molecule has 0 aliphatic carbocycles. The Balaban J connectivity index is 1.64. The van der Waals surface area contributed by atoms with Crippen LogP contribution in [-0.2, 0) is 6.42 Å². The van der Waals surface area contributed by atoms with Crippen LogP contribution >= 0.6 is 0 Å². The first kappa shape index (κ1) is 18.6. The molecule has 0 fully saturated rings. The van der Waals surface area contributed by atoms with Gasteiger partial charge in [0.15, 0.2) is 11.5 Å². The number of unbranched alkanes of at least 4 members (excludes halogenated alkanes) is 9. The van der Waals surface area contributed by atoms with Crippen LogP contribution in [0.25, 0.3) is 10.8 Å². The van der Waals surface area contributed by atoms with Gasteiger partial charge in [-0.05, 0) is 41.3 Å². The first-order valence-corrected chi connectivity index (χ1v) is 9.65. The molecule has 2 aromatic rings. The lowest BCUT2D eigenvalue weighted by atomic mass is 10.0. The van der Waals surface area contributed by atoms with Gasteiger partial charge >= 0.3 is 0 Å². The van der Waals surface area contributed by atoms with Crippen LogP contribution in [0.15, 0.2) is 30.3 Å². The smallest absolute Gasteiger partial charge is 0.158 e. The fourth-order valence-corrected chi connectivity index (χ4v) is 3.30. The number of benzene rings is 2. The molecule has 0 saturated carbocycles. The van der Waals surface area contributed by atoms with E-state index in [0.717, 1.165) is 17.2 Å². The summed E-state index contributed by atoms with van der Waals surface area (Å²) in [7, 11) is 0. The lowest BCUT2D eigenvalue weighted by Gasteiger charge is -2.06. The van der Waals surface area contributed by atoms with Crippen molar-refractivity contribution in [2.45, 2.75) is 77.6 Å². The standard InChI is InChI=1S/C22H32O2/c1-2-3-4-5-6-7-8-9-10-11-12-18-13-14-19-16-21(23)22(24)17-20(19)15-18/h13-17,23-24H,2-12H2,1H3. The Labute approximate surface area is 146 Å². The minimum atomic E-state index is -0.0510. The monoisotopic (exact) mass is 328 g/mol. The van der Waals surface area contributed by atoms with Crippen molar-refractivity contribution in [2.24, 2.45) is 0 Å². The van der Waals surface area contributed by atoms with Crippen LogP contribution < -0.4 is 0 Å². The van der Waals surface area contributed by atoms with Gasteiger partial charge in [-0.25, -0.2) is 0 Å². The summed E-state index contributed by atoms with van der Waals surface area (Å²) in [5.74, 6) is -0.0940. The molecule has 0 radical (unpaired) electrons. The molecule has 2 nitrogen and oxygen atoms in total. The number of hydrogen-bond donors (Lipinski definition) is 2. The molecule has 0 heterocycles. The van der Waals surface area contributed by atoms with E-state index in [1.807, 2.05) is 6.07 Å². The summed E-state index contributed by atoms with van der Waals surface area (Å²) < 4.78 is 0. The Kier molecular flexibility index (Phi) is 7.94. The number of phenols is 2. The molecule has 0 aliphatic heterocycles. The number of rotatable bonds is 11. The topological polar surface area (TPSA) is 40.5 Å². The molecule has 0 atom stereocenters. The summed E-state index contributed by atoms with van der Waals surface area (Å²) in [6.45, 7) is 2.27. The van der Waals surface area contributed by atoms with Crippen molar-refractivity contribution >= 4 is 10.8 Å². The van der Waals surface area contributed by atoms with Crippen molar-refractivity contribution in [2.75, 3.05) is 0 Å². The highest BCUT2D eigenvalue weighted by atomic mass is 16.3. The predicted molar refractivity (Wildman–Crippen MR) is 103 cm³/mol. The fourth-order valence-electron chi connectivity index (χ4n) is 3.30. The second kappa shape index (κ2) is 10.2. The number of phenolic OH excluding ortho intramolecular Hbond substituents is 2. The molecular formula is C22H32O2. The first-order valence-electron chi connectivity index (χ1n) is 9.65. The summed E-state index contributed by atoms with van der Waals surface area (Å²) in [5.41, 5.74) is 1.31. The average molecular weight is 328 g/mol. The van der Waals surface area contributed by atoms with E-state index in [9.17, 15) is 10.2 Å². The highest BCUT2D eigenvalue weighted by molar-refractivity contribution is 5.86. The third-order valence-corrected chi connectivity index (χ3v) is 4.82. The van der Waals surface area contributed by atoms with Crippen LogP contribution in [0.1, 0.15) is 76.7 Å². The van der Waals surface area contributed by atoms with Gasteiger partial charge < -0.3 is 10.2 Å². The maximum absolute atomic E-state index is 9.62. The summed E-state index contributed by atoms with van der Waals surface area (Å²) in [5, 5.41) is 21.1. The quantitative estimate of drug-likeness (QED) is 0.355. The highest BCUT2D eigenvalue weighted by Crippen LogP contribution is 2.30. The second-order valence-corrected chi connectivity index (χ2v) is 6.95. The van der Waals surface area contributed by atoms with Gasteiger partial charge in [-0.1, -0.05) is 82.9 Å². The van der Waals surface area contributed by atoms with E-state index < -0.39 is 0 Å². The highest BCUT2D eigenvalue weighted by Gasteiger charge is 2.03. The van der Waals surface area contributed by atoms with Crippen molar-refractivity contribution in [1.82, 2.24) is 0 Å². The fraction of sp³-hybridized carbons (Fsp3) is 0.545. The molecule has 2 heteroatoms. The lowest BCUT2D eigenvalue weighted by molar-refractivity contribution is 0.405. The van der Waals surface area contributed by atoms with Crippen LogP contribution in [0.4, 0.5) is 0 Å². The molecule has 0 amide bonds. The van der Waals surface area contributed by atoms with Gasteiger partial charge in [-0.15, -0.1) is 0 Å². The van der Waals surface area contributed by atoms with Gasteiger partial charge in [0.1, 0.15) is 0 Å². The summed E-state index contributed by atoms with van der Waals surface area (Å²) in [4.78, 5) is 0. The average Bonchev–Trinajstić information content (AvgIpc) is 2.58. The Morgan fingerprint density at radius 2 is 1.17 bits per heavy atom. The van der Waals surface area contributed by atoms with Crippen LogP contribution in [-0.4, -0.2) is 10.2 Å². The molecule has 132 valence electrons. The van der Waals surface area contributed by atoms with Crippen LogP contribution in [0, 0.1) is 0 Å². The Morgan fingerprint density at radius 1 is 0.625 bits per heavy atom. The van der Waals surface area contributed by atoms with Crippen LogP contribution in [0.2, 0.25) is 0 Å². The summed E-state index contributed by atoms with van der Waals surface area (Å²) in [6, 6.07) is 9.55. The van der Waals surface area contributed by atoms with Crippen molar-refractivity contribution in [3.05, 3.63) is 35.9 Å². The Bertz CT molecular complexity index is 619. The molecule has 2 N–H and O–H groups in total. The van der Waals surface area contributed by atoms with Gasteiger partial charge in [0.25, 0.3) is 0 Å². The molecule has 0 spiro atoms. The summed E-state index contributed by atoms with van der Waals surface area (Å²) in [6.07, 6.45) is 14.7. The molecule has 0 bridgehead atoms. The van der Waals surface area contributed by atoms with E-state index in [-0.39, 0.29) is 11.5 Å². The van der Waals surface area contributed by atoms with Gasteiger partial charge in [0.2, 0.25) is 0 Å². The van der Waals surface area contributed by atoms with E-state index >= 15 is 0 Å². The molecule has 2 aromatic carbocycles. The minimum Gasteiger partial charge on any atom is -0.504 e. The van der Waals surface area contributed by atoms with Gasteiger partial charge in [-0.2, -0.15) is 0 Å². The lowest BCUT2D eigenvalue weighted by Crippen LogP contribution is -1.87. The molecule has 0 saturated heterocycles. The van der Waals surface area contributed by atoms with E-state index in [2.05, 4.69) is 19.1 Å². The van der Waals surface area contributed by atoms with Crippen molar-refractivity contribution in [3.8, 4) is 11.5 Å². The Hall–Kier alpha value is -1.70. The molecule has 0 aromatic heterocycles. The SMILES string of the molecule is CCCCCCCCCCCCc1ccc2cc(O)c(O)cc2c1. The third kappa shape index (κ3) is 6.07. The zero-order valence-electron chi connectivity index (χ0n) is 15.1. The number of fused-ring (bicyclic) bond motifs is 1. The molecule has 2 rings (SSSR count). The van der Waals surface area contributed by atoms with Crippen molar-refractivity contribution < 1.29 is 10.2 Å². The van der Waals surface area contributed by atoms with Crippen LogP contribution in [0.3, 0.4) is 0 Å². The zero-order valence-corrected chi connectivity index (χ0v) is 15.1. The number of aryl methyl sites for hydroxylation is 1. The Morgan fingerprint density at radius 3 is 1.79 bits per heavy atom. The van der Waals surface area contributed by atoms with E-state index in [0.29, 0.717) is 0 Å². The number of aromatic hydroxyl groups is 2. The maximum Gasteiger partial charge on any atom is 0.158 e. The molecule has 24 heavy (non-hydrogen) atoms. The van der Waals surface area contributed by atoms with E-state index in [4.69, 9.17) is 0 Å². The van der Waals surface area contributed by atoms with E-state index in [1.54, 1.807) is 12.1 Å². The normalized spacial score (nSPS) is 11.2. The predicted octanol–water partition coefficient (Wildman–Crippen LogP) is 6.71. The minimum absolute atomic E-state index is 0.0430.